The van der Waals surface area contributed by atoms with E-state index in [1.54, 1.807) is 30.5 Å². The highest BCUT2D eigenvalue weighted by atomic mass is 35.5. The number of nitrogens with zero attached hydrogens (tertiary/aromatic N) is 3. The lowest BCUT2D eigenvalue weighted by Crippen LogP contribution is -2.47. The number of aromatic nitrogens is 2. The zero-order valence-corrected chi connectivity index (χ0v) is 18.0. The van der Waals surface area contributed by atoms with Gasteiger partial charge in [-0.15, -0.1) is 0 Å². The van der Waals surface area contributed by atoms with Gasteiger partial charge in [0, 0.05) is 38.0 Å². The van der Waals surface area contributed by atoms with Gasteiger partial charge in [0.2, 0.25) is 5.91 Å². The molecule has 1 aromatic carbocycles. The zero-order valence-electron chi connectivity index (χ0n) is 17.3. The van der Waals surface area contributed by atoms with Crippen molar-refractivity contribution >= 4 is 34.3 Å². The van der Waals surface area contributed by atoms with Crippen molar-refractivity contribution in [1.29, 1.82) is 0 Å². The highest BCUT2D eigenvalue weighted by Crippen LogP contribution is 2.17. The van der Waals surface area contributed by atoms with Crippen molar-refractivity contribution in [2.45, 2.75) is 12.8 Å². The number of pyridine rings is 1. The van der Waals surface area contributed by atoms with Crippen molar-refractivity contribution in [1.82, 2.24) is 19.8 Å². The molecule has 2 amide bonds. The molecule has 0 unspecified atom stereocenters. The van der Waals surface area contributed by atoms with Crippen molar-refractivity contribution in [2.24, 2.45) is 5.73 Å². The number of hydrogen-bond donors (Lipinski definition) is 2. The molecule has 0 spiro atoms. The number of primary amides is 1. The number of likely N-dealkylation sites (N-methyl/N-ethyl adjacent to an activating group) is 1. The van der Waals surface area contributed by atoms with Gasteiger partial charge in [-0.2, -0.15) is 0 Å². The Balaban J connectivity index is 0.000000185. The molecule has 1 saturated heterocycles. The number of nitrogens with one attached hydrogen (secondary N) is 1. The van der Waals surface area contributed by atoms with E-state index in [0.29, 0.717) is 23.7 Å². The third-order valence-electron chi connectivity index (χ3n) is 5.13. The number of benzene rings is 1. The zero-order chi connectivity index (χ0) is 22.4. The average molecular weight is 446 g/mol. The molecule has 0 atom stereocenters. The molecule has 1 fully saturated rings. The number of carbonyl (C=O) groups is 2. The van der Waals surface area contributed by atoms with Crippen LogP contribution in [0.4, 0.5) is 4.39 Å². The van der Waals surface area contributed by atoms with Crippen molar-refractivity contribution in [3.63, 3.8) is 0 Å². The minimum atomic E-state index is -0.493. The molecule has 9 heteroatoms. The molecular formula is C22H25ClFN5O2. The quantitative estimate of drug-likeness (QED) is 0.603. The van der Waals surface area contributed by atoms with Crippen molar-refractivity contribution in [3.05, 3.63) is 64.8 Å². The predicted molar refractivity (Wildman–Crippen MR) is 118 cm³/mol. The van der Waals surface area contributed by atoms with E-state index in [4.69, 9.17) is 17.3 Å². The van der Waals surface area contributed by atoms with E-state index in [9.17, 15) is 14.0 Å². The van der Waals surface area contributed by atoms with Gasteiger partial charge < -0.3 is 20.5 Å². The fourth-order valence-corrected chi connectivity index (χ4v) is 3.42. The minimum Gasteiger partial charge on any atom is -0.364 e. The molecule has 0 saturated carbocycles. The Kier molecular flexibility index (Phi) is 7.59. The maximum atomic E-state index is 12.7. The summed E-state index contributed by atoms with van der Waals surface area (Å²) in [6.45, 7) is 3.53. The van der Waals surface area contributed by atoms with Crippen LogP contribution >= 0.6 is 11.6 Å². The van der Waals surface area contributed by atoms with Gasteiger partial charge >= 0.3 is 0 Å². The van der Waals surface area contributed by atoms with Crippen LogP contribution in [-0.2, 0) is 11.2 Å². The van der Waals surface area contributed by atoms with Crippen LogP contribution in [0.2, 0.25) is 5.15 Å². The Labute approximate surface area is 185 Å². The average Bonchev–Trinajstić information content (AvgIpc) is 3.18. The molecule has 3 heterocycles. The predicted octanol–water partition coefficient (Wildman–Crippen LogP) is 2.85. The van der Waals surface area contributed by atoms with E-state index in [0.717, 1.165) is 42.6 Å². The highest BCUT2D eigenvalue weighted by molar-refractivity contribution is 6.30. The van der Waals surface area contributed by atoms with Crippen LogP contribution in [0.3, 0.4) is 0 Å². The molecule has 1 aliphatic heterocycles. The smallest absolute Gasteiger partial charge is 0.265 e. The lowest BCUT2D eigenvalue weighted by Gasteiger charge is -2.32. The SMILES string of the molecule is CN1CCN(C(=O)CCc2ccc(F)cc2)CC1.NC(=O)c1cc2cc(Cl)ncc2[nH]1. The first-order valence-corrected chi connectivity index (χ1v) is 10.3. The number of rotatable bonds is 4. The number of hydrogen-bond acceptors (Lipinski definition) is 4. The molecule has 164 valence electrons. The maximum Gasteiger partial charge on any atom is 0.265 e. The Hall–Kier alpha value is -2.97. The lowest BCUT2D eigenvalue weighted by atomic mass is 10.1. The third-order valence-corrected chi connectivity index (χ3v) is 5.34. The summed E-state index contributed by atoms with van der Waals surface area (Å²) >= 11 is 5.67. The van der Waals surface area contributed by atoms with Crippen LogP contribution in [0.15, 0.2) is 42.6 Å². The van der Waals surface area contributed by atoms with E-state index in [2.05, 4.69) is 21.9 Å². The van der Waals surface area contributed by atoms with Gasteiger partial charge in [-0.3, -0.25) is 9.59 Å². The first-order chi connectivity index (χ1) is 14.8. The molecule has 3 N–H and O–H groups in total. The summed E-state index contributed by atoms with van der Waals surface area (Å²) in [6.07, 6.45) is 2.75. The number of piperazine rings is 1. The van der Waals surface area contributed by atoms with Gasteiger partial charge in [0.15, 0.2) is 0 Å². The van der Waals surface area contributed by atoms with Gasteiger partial charge in [0.05, 0.1) is 11.7 Å². The molecular weight excluding hydrogens is 421 g/mol. The Morgan fingerprint density at radius 2 is 1.84 bits per heavy atom. The van der Waals surface area contributed by atoms with Crippen LogP contribution in [0, 0.1) is 5.82 Å². The number of amides is 2. The Bertz CT molecular complexity index is 1050. The van der Waals surface area contributed by atoms with Crippen LogP contribution in [-0.4, -0.2) is 64.8 Å². The largest absolute Gasteiger partial charge is 0.364 e. The van der Waals surface area contributed by atoms with Gasteiger partial charge in [-0.05, 0) is 43.3 Å². The van der Waals surface area contributed by atoms with Crippen LogP contribution in [0.1, 0.15) is 22.5 Å². The summed E-state index contributed by atoms with van der Waals surface area (Å²) < 4.78 is 12.7. The van der Waals surface area contributed by atoms with Crippen molar-refractivity contribution < 1.29 is 14.0 Å². The topological polar surface area (TPSA) is 95.3 Å². The number of nitrogens with two attached hydrogens (primary N) is 1. The van der Waals surface area contributed by atoms with E-state index in [1.165, 1.54) is 12.1 Å². The Morgan fingerprint density at radius 3 is 2.48 bits per heavy atom. The molecule has 0 aliphatic carbocycles. The summed E-state index contributed by atoms with van der Waals surface area (Å²) in [5, 5.41) is 1.22. The van der Waals surface area contributed by atoms with Crippen molar-refractivity contribution in [2.75, 3.05) is 33.2 Å². The summed E-state index contributed by atoms with van der Waals surface area (Å²) in [4.78, 5) is 33.6. The number of aryl methyl sites for hydroxylation is 1. The lowest BCUT2D eigenvalue weighted by molar-refractivity contribution is -0.132. The van der Waals surface area contributed by atoms with Crippen LogP contribution < -0.4 is 5.73 Å². The molecule has 4 rings (SSSR count). The summed E-state index contributed by atoms with van der Waals surface area (Å²) in [7, 11) is 2.07. The molecule has 7 nitrogen and oxygen atoms in total. The molecule has 0 radical (unpaired) electrons. The minimum absolute atomic E-state index is 0.201. The van der Waals surface area contributed by atoms with E-state index < -0.39 is 5.91 Å². The second-order valence-electron chi connectivity index (χ2n) is 7.45. The second kappa shape index (κ2) is 10.4. The highest BCUT2D eigenvalue weighted by Gasteiger charge is 2.18. The number of aromatic amines is 1. The number of carbonyl (C=O) groups excluding carboxylic acids is 2. The number of H-pyrrole nitrogens is 1. The summed E-state index contributed by atoms with van der Waals surface area (Å²) in [5.41, 5.74) is 7.21. The Morgan fingerprint density at radius 1 is 1.16 bits per heavy atom. The number of fused-ring (bicyclic) bond motifs is 1. The maximum absolute atomic E-state index is 12.7. The number of halogens is 2. The van der Waals surface area contributed by atoms with E-state index in [1.807, 2.05) is 4.90 Å². The molecule has 2 aromatic heterocycles. The van der Waals surface area contributed by atoms with Crippen molar-refractivity contribution in [3.8, 4) is 0 Å². The van der Waals surface area contributed by atoms with E-state index in [-0.39, 0.29) is 11.7 Å². The van der Waals surface area contributed by atoms with E-state index >= 15 is 0 Å². The van der Waals surface area contributed by atoms with Gasteiger partial charge in [0.1, 0.15) is 16.7 Å². The normalized spacial score (nSPS) is 14.2. The third kappa shape index (κ3) is 6.50. The fraction of sp³-hybridized carbons (Fsp3) is 0.318. The van der Waals surface area contributed by atoms with Crippen LogP contribution in [0.25, 0.3) is 10.9 Å². The summed E-state index contributed by atoms with van der Waals surface area (Å²) in [5.74, 6) is -0.524. The first kappa shape index (κ1) is 22.7. The first-order valence-electron chi connectivity index (χ1n) is 9.96. The van der Waals surface area contributed by atoms with Crippen LogP contribution in [0.5, 0.6) is 0 Å². The standard InChI is InChI=1S/C14H19FN2O.C8H6ClN3O/c1-16-8-10-17(11-9-16)14(18)7-4-12-2-5-13(15)6-3-12;9-7-2-4-1-5(8(10)13)12-6(4)3-11-7/h2-3,5-6H,4,7-11H2,1H3;1-3,12H,(H2,10,13). The summed E-state index contributed by atoms with van der Waals surface area (Å²) in [6, 6.07) is 9.68. The van der Waals surface area contributed by atoms with Gasteiger partial charge in [0.25, 0.3) is 5.91 Å². The molecule has 3 aromatic rings. The second-order valence-corrected chi connectivity index (χ2v) is 7.84. The molecule has 0 bridgehead atoms. The monoisotopic (exact) mass is 445 g/mol. The van der Waals surface area contributed by atoms with Gasteiger partial charge in [-0.25, -0.2) is 9.37 Å². The molecule has 31 heavy (non-hydrogen) atoms. The van der Waals surface area contributed by atoms with Gasteiger partial charge in [-0.1, -0.05) is 23.7 Å². The molecule has 1 aliphatic rings. The fourth-order valence-electron chi connectivity index (χ4n) is 3.25.